The van der Waals surface area contributed by atoms with Crippen molar-refractivity contribution in [1.29, 1.82) is 0 Å². The van der Waals surface area contributed by atoms with Crippen molar-refractivity contribution in [2.75, 3.05) is 13.7 Å². The number of rotatable bonds is 4. The largest absolute Gasteiger partial charge is 0.497 e. The molecule has 1 rings (SSSR count). The highest BCUT2D eigenvalue weighted by atomic mass is 16.6. The van der Waals surface area contributed by atoms with Gasteiger partial charge in [0, 0.05) is 5.56 Å². The lowest BCUT2D eigenvalue weighted by molar-refractivity contribution is 0.0763. The second-order valence-corrected chi connectivity index (χ2v) is 2.46. The summed E-state index contributed by atoms with van der Waals surface area (Å²) >= 11 is 0. The van der Waals surface area contributed by atoms with Crippen molar-refractivity contribution >= 4 is 5.78 Å². The average Bonchev–Trinajstić information content (AvgIpc) is 2.18. The third-order valence-electron chi connectivity index (χ3n) is 1.63. The molecule has 1 aromatic rings. The van der Waals surface area contributed by atoms with Crippen LogP contribution in [0.4, 0.5) is 0 Å². The zero-order chi connectivity index (χ0) is 9.68. The molecule has 0 aliphatic carbocycles. The molecule has 0 aromatic heterocycles. The number of carbonyl (C=O) groups excluding carboxylic acids is 1. The topological polar surface area (TPSA) is 61.5 Å². The fourth-order valence-electron chi connectivity index (χ4n) is 0.936. The molecule has 1 aromatic carbocycles. The molecule has 0 bridgehead atoms. The Hall–Kier alpha value is -1.39. The Morgan fingerprint density at radius 2 is 2.00 bits per heavy atom. The number of hydrogen-bond acceptors (Lipinski definition) is 4. The summed E-state index contributed by atoms with van der Waals surface area (Å²) in [6, 6.07) is 6.76. The Kier molecular flexibility index (Phi) is 3.42. The molecule has 70 valence electrons. The molecule has 4 heteroatoms. The molecule has 4 nitrogen and oxygen atoms in total. The number of hydrogen-bond donors (Lipinski definition) is 1. The van der Waals surface area contributed by atoms with Crippen LogP contribution in [-0.2, 0) is 4.84 Å². The zero-order valence-electron chi connectivity index (χ0n) is 7.32. The van der Waals surface area contributed by atoms with E-state index in [1.54, 1.807) is 31.4 Å². The quantitative estimate of drug-likeness (QED) is 0.550. The summed E-state index contributed by atoms with van der Waals surface area (Å²) in [6.07, 6.45) is 0. The van der Waals surface area contributed by atoms with Crippen LogP contribution in [0.3, 0.4) is 0 Å². The lowest BCUT2D eigenvalue weighted by Gasteiger charge is -2.01. The molecule has 0 spiro atoms. The fourth-order valence-corrected chi connectivity index (χ4v) is 0.936. The second kappa shape index (κ2) is 4.59. The number of ketones is 1. The summed E-state index contributed by atoms with van der Waals surface area (Å²) in [4.78, 5) is 15.4. The fraction of sp³-hybridized carbons (Fsp3) is 0.222. The Morgan fingerprint density at radius 1 is 1.38 bits per heavy atom. The monoisotopic (exact) mass is 181 g/mol. The van der Waals surface area contributed by atoms with Crippen LogP contribution in [0.5, 0.6) is 5.75 Å². The van der Waals surface area contributed by atoms with Gasteiger partial charge >= 0.3 is 0 Å². The van der Waals surface area contributed by atoms with Gasteiger partial charge in [-0.3, -0.25) is 9.63 Å². The van der Waals surface area contributed by atoms with Gasteiger partial charge in [0.25, 0.3) is 0 Å². The van der Waals surface area contributed by atoms with E-state index in [4.69, 9.17) is 10.6 Å². The summed E-state index contributed by atoms with van der Waals surface area (Å²) in [5.74, 6) is 5.34. The highest BCUT2D eigenvalue weighted by Crippen LogP contribution is 2.11. The third-order valence-corrected chi connectivity index (χ3v) is 1.63. The van der Waals surface area contributed by atoms with Crippen LogP contribution in [0.15, 0.2) is 24.3 Å². The maximum atomic E-state index is 11.2. The van der Waals surface area contributed by atoms with Gasteiger partial charge in [-0.15, -0.1) is 0 Å². The molecule has 0 fully saturated rings. The van der Waals surface area contributed by atoms with Crippen LogP contribution in [0.1, 0.15) is 10.4 Å². The summed E-state index contributed by atoms with van der Waals surface area (Å²) < 4.78 is 4.94. The lowest BCUT2D eigenvalue weighted by atomic mass is 10.1. The van der Waals surface area contributed by atoms with Crippen LogP contribution in [0.25, 0.3) is 0 Å². The Labute approximate surface area is 76.2 Å². The van der Waals surface area contributed by atoms with Crippen molar-refractivity contribution in [2.24, 2.45) is 5.90 Å². The van der Waals surface area contributed by atoms with E-state index in [2.05, 4.69) is 4.84 Å². The SMILES string of the molecule is COc1ccc(C(=O)CON)cc1. The van der Waals surface area contributed by atoms with Gasteiger partial charge in [-0.25, -0.2) is 5.90 Å². The minimum atomic E-state index is -0.148. The van der Waals surface area contributed by atoms with Gasteiger partial charge in [0.15, 0.2) is 5.78 Å². The third kappa shape index (κ3) is 2.54. The van der Waals surface area contributed by atoms with E-state index in [1.807, 2.05) is 0 Å². The molecule has 0 saturated carbocycles. The van der Waals surface area contributed by atoms with Gasteiger partial charge < -0.3 is 4.74 Å². The smallest absolute Gasteiger partial charge is 0.190 e. The molecule has 0 atom stereocenters. The number of methoxy groups -OCH3 is 1. The van der Waals surface area contributed by atoms with E-state index in [0.717, 1.165) is 0 Å². The number of nitrogens with two attached hydrogens (primary N) is 1. The van der Waals surface area contributed by atoms with Crippen LogP contribution < -0.4 is 10.6 Å². The van der Waals surface area contributed by atoms with Gasteiger partial charge in [0.05, 0.1) is 7.11 Å². The molecule has 2 N–H and O–H groups in total. The van der Waals surface area contributed by atoms with Gasteiger partial charge in [-0.2, -0.15) is 0 Å². The minimum Gasteiger partial charge on any atom is -0.497 e. The van der Waals surface area contributed by atoms with Crippen molar-refractivity contribution in [2.45, 2.75) is 0 Å². The molecule has 0 amide bonds. The van der Waals surface area contributed by atoms with Crippen molar-refractivity contribution in [3.8, 4) is 5.75 Å². The van der Waals surface area contributed by atoms with Crippen molar-refractivity contribution in [3.05, 3.63) is 29.8 Å². The molecule has 0 aliphatic rings. The van der Waals surface area contributed by atoms with Crippen LogP contribution >= 0.6 is 0 Å². The van der Waals surface area contributed by atoms with Crippen molar-refractivity contribution in [1.82, 2.24) is 0 Å². The molecule has 0 aliphatic heterocycles. The van der Waals surface area contributed by atoms with Crippen LogP contribution in [0.2, 0.25) is 0 Å². The Balaban J connectivity index is 2.74. The van der Waals surface area contributed by atoms with Crippen LogP contribution in [-0.4, -0.2) is 19.5 Å². The summed E-state index contributed by atoms with van der Waals surface area (Å²) in [7, 11) is 1.57. The first-order valence-corrected chi connectivity index (χ1v) is 3.77. The van der Waals surface area contributed by atoms with Gasteiger partial charge in [0.1, 0.15) is 12.4 Å². The first-order valence-electron chi connectivity index (χ1n) is 3.77. The molecule has 0 heterocycles. The maximum Gasteiger partial charge on any atom is 0.190 e. The standard InChI is InChI=1S/C9H11NO3/c1-12-8-4-2-7(3-5-8)9(11)6-13-10/h2-5H,6,10H2,1H3. The van der Waals surface area contributed by atoms with Gasteiger partial charge in [0.2, 0.25) is 0 Å². The normalized spacial score (nSPS) is 9.69. The molecule has 13 heavy (non-hydrogen) atoms. The lowest BCUT2D eigenvalue weighted by Crippen LogP contribution is -2.12. The number of benzene rings is 1. The molecular weight excluding hydrogens is 170 g/mol. The summed E-state index contributed by atoms with van der Waals surface area (Å²) in [5.41, 5.74) is 0.561. The van der Waals surface area contributed by atoms with E-state index in [0.29, 0.717) is 11.3 Å². The number of carbonyl (C=O) groups is 1. The summed E-state index contributed by atoms with van der Waals surface area (Å²) in [5, 5.41) is 0. The summed E-state index contributed by atoms with van der Waals surface area (Å²) in [6.45, 7) is -0.105. The maximum absolute atomic E-state index is 11.2. The Morgan fingerprint density at radius 3 is 2.46 bits per heavy atom. The first-order chi connectivity index (χ1) is 6.27. The minimum absolute atomic E-state index is 0.105. The van der Waals surface area contributed by atoms with E-state index in [1.165, 1.54) is 0 Å². The molecular formula is C9H11NO3. The zero-order valence-corrected chi connectivity index (χ0v) is 7.32. The van der Waals surface area contributed by atoms with E-state index < -0.39 is 0 Å². The van der Waals surface area contributed by atoms with Gasteiger partial charge in [-0.1, -0.05) is 0 Å². The molecule has 0 saturated heterocycles. The Bertz CT molecular complexity index is 281. The highest BCUT2D eigenvalue weighted by molar-refractivity contribution is 5.97. The van der Waals surface area contributed by atoms with Crippen molar-refractivity contribution < 1.29 is 14.4 Å². The van der Waals surface area contributed by atoms with E-state index in [9.17, 15) is 4.79 Å². The van der Waals surface area contributed by atoms with Crippen LogP contribution in [0, 0.1) is 0 Å². The number of Topliss-reactive ketones (excluding diaryl/α,β-unsaturated/α-hetero) is 1. The average molecular weight is 181 g/mol. The number of ether oxygens (including phenoxy) is 1. The van der Waals surface area contributed by atoms with Gasteiger partial charge in [-0.05, 0) is 24.3 Å². The first kappa shape index (κ1) is 9.70. The highest BCUT2D eigenvalue weighted by Gasteiger charge is 2.04. The van der Waals surface area contributed by atoms with Crippen molar-refractivity contribution in [3.63, 3.8) is 0 Å². The predicted octanol–water partition coefficient (Wildman–Crippen LogP) is 0.768. The second-order valence-electron chi connectivity index (χ2n) is 2.46. The molecule has 0 unspecified atom stereocenters. The molecule has 0 radical (unpaired) electrons. The predicted molar refractivity (Wildman–Crippen MR) is 47.5 cm³/mol. The van der Waals surface area contributed by atoms with E-state index >= 15 is 0 Å². The van der Waals surface area contributed by atoms with E-state index in [-0.39, 0.29) is 12.4 Å².